The van der Waals surface area contributed by atoms with Crippen LogP contribution in [0.15, 0.2) is 59.1 Å². The Hall–Kier alpha value is -2.46. The van der Waals surface area contributed by atoms with E-state index in [1.165, 1.54) is 18.9 Å². The van der Waals surface area contributed by atoms with Crippen LogP contribution in [-0.4, -0.2) is 19.0 Å². The summed E-state index contributed by atoms with van der Waals surface area (Å²) in [6, 6.07) is 16.3. The summed E-state index contributed by atoms with van der Waals surface area (Å²) in [5.74, 6) is -2.64. The topological polar surface area (TPSA) is 79.2 Å². The lowest BCUT2D eigenvalue weighted by molar-refractivity contribution is -0.150. The lowest BCUT2D eigenvalue weighted by atomic mass is 9.78. The van der Waals surface area contributed by atoms with Crippen molar-refractivity contribution in [3.63, 3.8) is 0 Å². The Balaban J connectivity index is 2.00. The summed E-state index contributed by atoms with van der Waals surface area (Å²) in [6.45, 7) is 0. The summed E-state index contributed by atoms with van der Waals surface area (Å²) in [7, 11) is 1.22. The third-order valence-electron chi connectivity index (χ3n) is 4.53. The minimum absolute atomic E-state index is 0.307. The monoisotopic (exact) mass is 446 g/mol. The Kier molecular flexibility index (Phi) is 6.86. The lowest BCUT2D eigenvalue weighted by Crippen LogP contribution is -2.44. The van der Waals surface area contributed by atoms with Crippen LogP contribution in [0.1, 0.15) is 17.0 Å². The van der Waals surface area contributed by atoms with Gasteiger partial charge >= 0.3 is 5.97 Å². The molecule has 1 aliphatic rings. The van der Waals surface area contributed by atoms with Crippen molar-refractivity contribution in [1.82, 2.24) is 5.32 Å². The number of carbonyl (C=O) groups is 2. The number of ether oxygens (including phenoxy) is 1. The molecule has 29 heavy (non-hydrogen) atoms. The summed E-state index contributed by atoms with van der Waals surface area (Å²) >= 11 is 13.4. The first kappa shape index (κ1) is 21.3. The van der Waals surface area contributed by atoms with E-state index in [0.29, 0.717) is 32.0 Å². The molecular formula is C21H16Cl2N2O3S. The number of methoxy groups -OCH3 is 1. The number of carbonyl (C=O) groups excluding carboxylic acids is 2. The number of amides is 1. The molecular weight excluding hydrogens is 431 g/mol. The lowest BCUT2D eigenvalue weighted by Gasteiger charge is -2.31. The van der Waals surface area contributed by atoms with Crippen molar-refractivity contribution in [3.05, 3.63) is 80.3 Å². The Labute approximate surface area is 182 Å². The summed E-state index contributed by atoms with van der Waals surface area (Å²) in [5, 5.41) is 14.0. The Morgan fingerprint density at radius 1 is 1.24 bits per heavy atom. The van der Waals surface area contributed by atoms with Crippen LogP contribution in [0.4, 0.5) is 0 Å². The van der Waals surface area contributed by atoms with E-state index >= 15 is 0 Å². The molecule has 0 aliphatic carbocycles. The fraction of sp³-hybridized carbons (Fsp3) is 0.190. The van der Waals surface area contributed by atoms with Gasteiger partial charge in [-0.15, -0.1) is 11.8 Å². The summed E-state index contributed by atoms with van der Waals surface area (Å²) in [5.41, 5.74) is 1.81. The van der Waals surface area contributed by atoms with Gasteiger partial charge in [-0.05, 0) is 23.3 Å². The average Bonchev–Trinajstić information content (AvgIpc) is 2.72. The number of nitrogens with zero attached hydrogens (tertiary/aromatic N) is 1. The molecule has 8 heteroatoms. The average molecular weight is 447 g/mol. The van der Waals surface area contributed by atoms with E-state index in [0.717, 1.165) is 5.56 Å². The summed E-state index contributed by atoms with van der Waals surface area (Å²) in [6.07, 6.45) is 0. The number of benzene rings is 2. The van der Waals surface area contributed by atoms with Crippen molar-refractivity contribution in [1.29, 1.82) is 5.26 Å². The van der Waals surface area contributed by atoms with Crippen LogP contribution < -0.4 is 5.32 Å². The number of rotatable bonds is 5. The van der Waals surface area contributed by atoms with Gasteiger partial charge in [-0.2, -0.15) is 5.26 Å². The van der Waals surface area contributed by atoms with Crippen LogP contribution in [0.3, 0.4) is 0 Å². The molecule has 0 saturated carbocycles. The molecule has 1 amide bonds. The largest absolute Gasteiger partial charge is 0.468 e. The van der Waals surface area contributed by atoms with Crippen molar-refractivity contribution in [2.45, 2.75) is 11.7 Å². The van der Waals surface area contributed by atoms with E-state index in [2.05, 4.69) is 11.4 Å². The fourth-order valence-electron chi connectivity index (χ4n) is 3.13. The summed E-state index contributed by atoms with van der Waals surface area (Å²) < 4.78 is 4.83. The van der Waals surface area contributed by atoms with Crippen molar-refractivity contribution in [2.24, 2.45) is 5.92 Å². The molecule has 2 atom stereocenters. The smallest absolute Gasteiger partial charge is 0.319 e. The highest BCUT2D eigenvalue weighted by Gasteiger charge is 2.44. The number of halogens is 2. The number of nitrogens with one attached hydrogen (secondary N) is 1. The quantitative estimate of drug-likeness (QED) is 0.533. The second-order valence-corrected chi connectivity index (χ2v) is 8.09. The second-order valence-electron chi connectivity index (χ2n) is 6.26. The normalized spacial score (nSPS) is 18.8. The molecule has 148 valence electrons. The minimum Gasteiger partial charge on any atom is -0.468 e. The Bertz CT molecular complexity index is 1020. The first-order valence-corrected chi connectivity index (χ1v) is 10.3. The molecule has 0 radical (unpaired) electrons. The molecule has 2 aromatic rings. The van der Waals surface area contributed by atoms with Gasteiger partial charge in [-0.3, -0.25) is 9.59 Å². The fourth-order valence-corrected chi connectivity index (χ4v) is 4.74. The first-order valence-electron chi connectivity index (χ1n) is 8.61. The molecule has 0 fully saturated rings. The van der Waals surface area contributed by atoms with Crippen LogP contribution in [0.25, 0.3) is 0 Å². The molecule has 1 N–H and O–H groups in total. The predicted molar refractivity (Wildman–Crippen MR) is 113 cm³/mol. The zero-order valence-corrected chi connectivity index (χ0v) is 17.6. The van der Waals surface area contributed by atoms with E-state index < -0.39 is 23.7 Å². The van der Waals surface area contributed by atoms with Crippen molar-refractivity contribution >= 4 is 46.8 Å². The predicted octanol–water partition coefficient (Wildman–Crippen LogP) is 4.66. The molecule has 0 bridgehead atoms. The third-order valence-corrected chi connectivity index (χ3v) is 6.18. The highest BCUT2D eigenvalue weighted by molar-refractivity contribution is 8.02. The molecule has 1 heterocycles. The maximum Gasteiger partial charge on any atom is 0.319 e. The van der Waals surface area contributed by atoms with Gasteiger partial charge in [-0.25, -0.2) is 0 Å². The third kappa shape index (κ3) is 4.59. The number of thioether (sulfide) groups is 1. The molecule has 0 unspecified atom stereocenters. The van der Waals surface area contributed by atoms with Crippen LogP contribution in [0.5, 0.6) is 0 Å². The van der Waals surface area contributed by atoms with Gasteiger partial charge in [0.05, 0.1) is 23.8 Å². The van der Waals surface area contributed by atoms with Crippen molar-refractivity contribution < 1.29 is 14.3 Å². The van der Waals surface area contributed by atoms with Gasteiger partial charge in [0.15, 0.2) is 0 Å². The van der Waals surface area contributed by atoms with Gasteiger partial charge in [-0.1, -0.05) is 59.6 Å². The SMILES string of the molecule is COC(=O)[C@@H]1C(=O)NC(SCc2ccc(Cl)cc2Cl)=C(C#N)[C@@H]1c1ccccc1. The molecule has 0 saturated heterocycles. The number of hydrogen-bond acceptors (Lipinski definition) is 5. The number of hydrogen-bond donors (Lipinski definition) is 1. The van der Waals surface area contributed by atoms with Gasteiger partial charge in [0.1, 0.15) is 5.92 Å². The molecule has 5 nitrogen and oxygen atoms in total. The van der Waals surface area contributed by atoms with E-state index in [-0.39, 0.29) is 0 Å². The van der Waals surface area contributed by atoms with Crippen LogP contribution in [0.2, 0.25) is 10.0 Å². The highest BCUT2D eigenvalue weighted by Crippen LogP contribution is 2.41. The van der Waals surface area contributed by atoms with Crippen molar-refractivity contribution in [3.8, 4) is 6.07 Å². The van der Waals surface area contributed by atoms with Gasteiger partial charge < -0.3 is 10.1 Å². The van der Waals surface area contributed by atoms with E-state index in [9.17, 15) is 14.9 Å². The maximum atomic E-state index is 12.8. The van der Waals surface area contributed by atoms with E-state index in [1.807, 2.05) is 6.07 Å². The van der Waals surface area contributed by atoms with Crippen molar-refractivity contribution in [2.75, 3.05) is 7.11 Å². The highest BCUT2D eigenvalue weighted by atomic mass is 35.5. The molecule has 0 aromatic heterocycles. The maximum absolute atomic E-state index is 12.8. The van der Waals surface area contributed by atoms with Crippen LogP contribution in [-0.2, 0) is 20.1 Å². The van der Waals surface area contributed by atoms with Crippen LogP contribution in [0, 0.1) is 17.2 Å². The summed E-state index contributed by atoms with van der Waals surface area (Å²) in [4.78, 5) is 25.1. The van der Waals surface area contributed by atoms with Gasteiger partial charge in [0, 0.05) is 21.7 Å². The molecule has 0 spiro atoms. The first-order chi connectivity index (χ1) is 14.0. The van der Waals surface area contributed by atoms with E-state index in [4.69, 9.17) is 27.9 Å². The van der Waals surface area contributed by atoms with Gasteiger partial charge in [0.25, 0.3) is 0 Å². The van der Waals surface area contributed by atoms with E-state index in [1.54, 1.807) is 42.5 Å². The number of allylic oxidation sites excluding steroid dienone is 1. The zero-order valence-electron chi connectivity index (χ0n) is 15.3. The zero-order chi connectivity index (χ0) is 21.0. The Morgan fingerprint density at radius 2 is 1.97 bits per heavy atom. The van der Waals surface area contributed by atoms with Gasteiger partial charge in [0.2, 0.25) is 5.91 Å². The number of esters is 1. The minimum atomic E-state index is -1.14. The Morgan fingerprint density at radius 3 is 2.59 bits per heavy atom. The second kappa shape index (κ2) is 9.36. The van der Waals surface area contributed by atoms with Crippen LogP contribution >= 0.6 is 35.0 Å². The molecule has 3 rings (SSSR count). The standard InChI is InChI=1S/C21H16Cl2N2O3S/c1-28-21(27)18-17(12-5-3-2-4-6-12)15(10-24)20(25-19(18)26)29-11-13-7-8-14(22)9-16(13)23/h2-9,17-18H,11H2,1H3,(H,25,26)/t17-,18-/m0/s1. The molecule has 2 aromatic carbocycles. The number of nitriles is 1. The molecule has 1 aliphatic heterocycles.